The second-order valence-electron chi connectivity index (χ2n) is 15.2. The number of rotatable bonds is 4. The minimum absolute atomic E-state index is 0.922. The molecular weight excluding hydrogens is 689 g/mol. The van der Waals surface area contributed by atoms with Crippen molar-refractivity contribution in [2.45, 2.75) is 0 Å². The van der Waals surface area contributed by atoms with Crippen molar-refractivity contribution in [3.63, 3.8) is 0 Å². The highest BCUT2D eigenvalue weighted by Crippen LogP contribution is 2.45. The van der Waals surface area contributed by atoms with Gasteiger partial charge in [-0.05, 0) is 105 Å². The summed E-state index contributed by atoms with van der Waals surface area (Å²) in [6.07, 6.45) is 0. The Labute approximate surface area is 329 Å². The Kier molecular flexibility index (Phi) is 7.00. The van der Waals surface area contributed by atoms with E-state index in [-0.39, 0.29) is 0 Å². The zero-order chi connectivity index (χ0) is 37.5. The molecule has 0 aliphatic heterocycles. The Morgan fingerprint density at radius 1 is 0.228 bits per heavy atom. The Hall–Kier alpha value is -7.48. The van der Waals surface area contributed by atoms with Crippen LogP contribution in [-0.2, 0) is 0 Å². The van der Waals surface area contributed by atoms with Crippen LogP contribution >= 0.6 is 0 Å². The molecule has 0 unspecified atom stereocenters. The monoisotopic (exact) mass is 722 g/mol. The summed E-state index contributed by atoms with van der Waals surface area (Å²) in [5.41, 5.74) is 11.3. The average molecular weight is 723 g/mol. The Morgan fingerprint density at radius 3 is 1.12 bits per heavy atom. The first-order valence-corrected chi connectivity index (χ1v) is 19.7. The summed E-state index contributed by atoms with van der Waals surface area (Å²) < 4.78 is 6.31. The van der Waals surface area contributed by atoms with E-state index in [9.17, 15) is 0 Å². The summed E-state index contributed by atoms with van der Waals surface area (Å²) in [5, 5.41) is 15.4. The Bertz CT molecular complexity index is 3520. The van der Waals surface area contributed by atoms with Crippen molar-refractivity contribution in [1.29, 1.82) is 0 Å². The van der Waals surface area contributed by atoms with Crippen LogP contribution in [0.1, 0.15) is 0 Å². The lowest BCUT2D eigenvalue weighted by atomic mass is 9.86. The lowest BCUT2D eigenvalue weighted by Gasteiger charge is -2.17. The Balaban J connectivity index is 0.883. The molecule has 11 aromatic carbocycles. The molecule has 57 heavy (non-hydrogen) atoms. The van der Waals surface area contributed by atoms with Crippen molar-refractivity contribution in [2.75, 3.05) is 0 Å². The number of furan rings is 1. The zero-order valence-corrected chi connectivity index (χ0v) is 31.0. The molecule has 1 aromatic heterocycles. The zero-order valence-electron chi connectivity index (χ0n) is 31.0. The Morgan fingerprint density at radius 2 is 0.596 bits per heavy atom. The van der Waals surface area contributed by atoms with E-state index in [1.807, 2.05) is 12.1 Å². The van der Waals surface area contributed by atoms with Crippen LogP contribution < -0.4 is 0 Å². The maximum atomic E-state index is 6.31. The molecule has 0 atom stereocenters. The first-order valence-electron chi connectivity index (χ1n) is 19.7. The molecule has 0 amide bonds. The smallest absolute Gasteiger partial charge is 0.143 e. The molecule has 0 saturated carbocycles. The molecule has 0 bridgehead atoms. The van der Waals surface area contributed by atoms with Gasteiger partial charge in [-0.1, -0.05) is 194 Å². The van der Waals surface area contributed by atoms with Crippen LogP contribution in [-0.4, -0.2) is 0 Å². The largest absolute Gasteiger partial charge is 0.455 e. The first-order chi connectivity index (χ1) is 28.3. The van der Waals surface area contributed by atoms with E-state index in [4.69, 9.17) is 4.42 Å². The third-order valence-electron chi connectivity index (χ3n) is 12.1. The quantitative estimate of drug-likeness (QED) is 0.165. The van der Waals surface area contributed by atoms with E-state index in [1.165, 1.54) is 87.2 Å². The van der Waals surface area contributed by atoms with Gasteiger partial charge in [0.1, 0.15) is 11.2 Å². The van der Waals surface area contributed by atoms with Crippen LogP contribution in [0.3, 0.4) is 0 Å². The highest BCUT2D eigenvalue weighted by molar-refractivity contribution is 6.39. The summed E-state index contributed by atoms with van der Waals surface area (Å²) in [4.78, 5) is 0. The van der Waals surface area contributed by atoms with Gasteiger partial charge in [-0.15, -0.1) is 0 Å². The van der Waals surface area contributed by atoms with Crippen LogP contribution in [0.25, 0.3) is 120 Å². The molecule has 12 rings (SSSR count). The van der Waals surface area contributed by atoms with Gasteiger partial charge in [0.05, 0.1) is 0 Å². The van der Waals surface area contributed by atoms with Crippen molar-refractivity contribution in [1.82, 2.24) is 0 Å². The second kappa shape index (κ2) is 12.5. The number of hydrogen-bond acceptors (Lipinski definition) is 1. The van der Waals surface area contributed by atoms with Gasteiger partial charge >= 0.3 is 0 Å². The van der Waals surface area contributed by atoms with Gasteiger partial charge in [0.15, 0.2) is 0 Å². The minimum Gasteiger partial charge on any atom is -0.455 e. The summed E-state index contributed by atoms with van der Waals surface area (Å²) >= 11 is 0. The molecule has 0 spiro atoms. The summed E-state index contributed by atoms with van der Waals surface area (Å²) in [6.45, 7) is 0. The standard InChI is InChI=1S/C56H34O/c1-4-14-48-43(10-1)44-11-2-6-16-50(44)55-52-34-41(32-33-46(52)45-12-3-5-15-49(45)54(48)55)39-26-24-37(25-27-39)35-20-22-36(23-21-35)38-28-30-40(31-29-38)42-17-9-18-51-47-13-7-8-19-53(47)57-56(42)51/h1-34H. The minimum atomic E-state index is 0.922. The summed E-state index contributed by atoms with van der Waals surface area (Å²) in [6, 6.07) is 75.2. The van der Waals surface area contributed by atoms with Crippen LogP contribution in [0.2, 0.25) is 0 Å². The van der Waals surface area contributed by atoms with E-state index in [2.05, 4.69) is 194 Å². The molecule has 12 aromatic rings. The average Bonchev–Trinajstić information content (AvgIpc) is 3.68. The molecule has 1 heterocycles. The van der Waals surface area contributed by atoms with Gasteiger partial charge in [-0.2, -0.15) is 0 Å². The molecule has 0 aliphatic rings. The van der Waals surface area contributed by atoms with E-state index < -0.39 is 0 Å². The van der Waals surface area contributed by atoms with Crippen molar-refractivity contribution in [3.8, 4) is 44.5 Å². The van der Waals surface area contributed by atoms with E-state index in [1.54, 1.807) is 0 Å². The van der Waals surface area contributed by atoms with Gasteiger partial charge in [0.2, 0.25) is 0 Å². The summed E-state index contributed by atoms with van der Waals surface area (Å²) in [7, 11) is 0. The lowest BCUT2D eigenvalue weighted by molar-refractivity contribution is 0.670. The number of hydrogen-bond donors (Lipinski definition) is 0. The maximum Gasteiger partial charge on any atom is 0.143 e. The molecule has 0 fully saturated rings. The third-order valence-corrected chi connectivity index (χ3v) is 12.1. The van der Waals surface area contributed by atoms with Crippen LogP contribution in [0.5, 0.6) is 0 Å². The first kappa shape index (κ1) is 31.8. The molecule has 1 heteroatoms. The van der Waals surface area contributed by atoms with E-state index in [0.29, 0.717) is 0 Å². The molecule has 264 valence electrons. The predicted octanol–water partition coefficient (Wildman–Crippen LogP) is 16.0. The topological polar surface area (TPSA) is 13.1 Å². The fourth-order valence-electron chi connectivity index (χ4n) is 9.33. The molecule has 0 aliphatic carbocycles. The van der Waals surface area contributed by atoms with Crippen LogP contribution in [0, 0.1) is 0 Å². The van der Waals surface area contributed by atoms with Gasteiger partial charge in [0.25, 0.3) is 0 Å². The van der Waals surface area contributed by atoms with Gasteiger partial charge in [-0.3, -0.25) is 0 Å². The highest BCUT2D eigenvalue weighted by atomic mass is 16.3. The molecular formula is C56H34O. The number of benzene rings is 11. The van der Waals surface area contributed by atoms with Crippen molar-refractivity contribution in [2.24, 2.45) is 0 Å². The van der Waals surface area contributed by atoms with Gasteiger partial charge in [0, 0.05) is 16.3 Å². The molecule has 0 saturated heterocycles. The van der Waals surface area contributed by atoms with Crippen molar-refractivity contribution < 1.29 is 4.42 Å². The number of fused-ring (bicyclic) bond motifs is 14. The molecule has 1 nitrogen and oxygen atoms in total. The van der Waals surface area contributed by atoms with Crippen molar-refractivity contribution in [3.05, 3.63) is 206 Å². The fraction of sp³-hybridized carbons (Fsp3) is 0. The second-order valence-corrected chi connectivity index (χ2v) is 15.2. The third kappa shape index (κ3) is 4.96. The fourth-order valence-corrected chi connectivity index (χ4v) is 9.33. The van der Waals surface area contributed by atoms with Crippen LogP contribution in [0.15, 0.2) is 211 Å². The SMILES string of the molecule is c1ccc2c(c1)oc1c(-c3ccc(-c4ccc(-c5ccc(-c6ccc7c8ccccc8c8c9ccccc9c9ccccc9c8c7c6)cc5)cc4)cc3)cccc12. The highest BCUT2D eigenvalue weighted by Gasteiger charge is 2.17. The van der Waals surface area contributed by atoms with E-state index in [0.717, 1.165) is 33.1 Å². The normalized spacial score (nSPS) is 11.9. The lowest BCUT2D eigenvalue weighted by Crippen LogP contribution is -1.89. The van der Waals surface area contributed by atoms with Gasteiger partial charge in [-0.25, -0.2) is 0 Å². The maximum absolute atomic E-state index is 6.31. The molecule has 0 N–H and O–H groups in total. The van der Waals surface area contributed by atoms with Crippen molar-refractivity contribution >= 4 is 75.8 Å². The predicted molar refractivity (Wildman–Crippen MR) is 243 cm³/mol. The van der Waals surface area contributed by atoms with Gasteiger partial charge < -0.3 is 4.42 Å². The summed E-state index contributed by atoms with van der Waals surface area (Å²) in [5.74, 6) is 0. The molecule has 0 radical (unpaired) electrons. The van der Waals surface area contributed by atoms with Crippen LogP contribution in [0.4, 0.5) is 0 Å². The number of para-hydroxylation sites is 2. The van der Waals surface area contributed by atoms with E-state index >= 15 is 0 Å².